The van der Waals surface area contributed by atoms with Gasteiger partial charge in [0.15, 0.2) is 11.5 Å². The van der Waals surface area contributed by atoms with Crippen LogP contribution in [-0.2, 0) is 16.0 Å². The molecule has 0 bridgehead atoms. The Morgan fingerprint density at radius 2 is 1.82 bits per heavy atom. The zero-order chi connectivity index (χ0) is 28.8. The summed E-state index contributed by atoms with van der Waals surface area (Å²) in [6.45, 7) is 1.82. The Morgan fingerprint density at radius 3 is 2.50 bits per heavy atom. The van der Waals surface area contributed by atoms with Crippen LogP contribution in [0.5, 0.6) is 34.5 Å². The number of phenolic OH excluding ortho intramolecular Hbond substituents is 1. The lowest BCUT2D eigenvalue weighted by molar-refractivity contribution is -0.121. The Labute approximate surface area is 229 Å². The number of phenols is 1. The molecule has 4 N–H and O–H groups in total. The van der Waals surface area contributed by atoms with Crippen LogP contribution in [0, 0.1) is 0 Å². The number of benzene rings is 2. The third kappa shape index (κ3) is 5.75. The second-order valence-corrected chi connectivity index (χ2v) is 8.80. The maximum Gasteiger partial charge on any atom is 0.343 e. The van der Waals surface area contributed by atoms with Crippen LogP contribution in [0.1, 0.15) is 46.3 Å². The first kappa shape index (κ1) is 28.1. The van der Waals surface area contributed by atoms with Crippen molar-refractivity contribution in [3.63, 3.8) is 0 Å². The average molecular weight is 555 g/mol. The number of fused-ring (bicyclic) bond motifs is 1. The van der Waals surface area contributed by atoms with E-state index in [4.69, 9.17) is 23.7 Å². The smallest absolute Gasteiger partial charge is 0.343 e. The molecular weight excluding hydrogens is 524 g/mol. The molecule has 1 atom stereocenters. The maximum atomic E-state index is 13.2. The Bertz CT molecular complexity index is 1450. The monoisotopic (exact) mass is 554 g/mol. The molecule has 4 rings (SSSR count). The third-order valence-corrected chi connectivity index (χ3v) is 6.40. The van der Waals surface area contributed by atoms with Gasteiger partial charge >= 0.3 is 5.97 Å². The highest BCUT2D eigenvalue weighted by atomic mass is 16.7. The lowest BCUT2D eigenvalue weighted by Gasteiger charge is -2.23. The number of nitrogens with one attached hydrogen (secondary N) is 2. The Hall–Kier alpha value is -4.87. The second-order valence-electron chi connectivity index (χ2n) is 8.80. The first-order valence-corrected chi connectivity index (χ1v) is 12.5. The van der Waals surface area contributed by atoms with Crippen molar-refractivity contribution in [3.05, 3.63) is 69.1 Å². The van der Waals surface area contributed by atoms with Gasteiger partial charge in [-0.25, -0.2) is 4.79 Å². The van der Waals surface area contributed by atoms with E-state index in [1.807, 2.05) is 0 Å². The van der Waals surface area contributed by atoms with Crippen LogP contribution < -0.4 is 29.8 Å². The molecule has 40 heavy (non-hydrogen) atoms. The van der Waals surface area contributed by atoms with E-state index < -0.39 is 29.1 Å². The van der Waals surface area contributed by atoms with E-state index in [9.17, 15) is 24.6 Å². The molecular formula is C28H30N2O10. The molecule has 3 aromatic rings. The summed E-state index contributed by atoms with van der Waals surface area (Å²) in [5.74, 6) is -1.93. The van der Waals surface area contributed by atoms with Crippen LogP contribution in [0.3, 0.4) is 0 Å². The summed E-state index contributed by atoms with van der Waals surface area (Å²) >= 11 is 0. The maximum absolute atomic E-state index is 13.2. The first-order valence-electron chi connectivity index (χ1n) is 12.5. The van der Waals surface area contributed by atoms with Gasteiger partial charge in [-0.3, -0.25) is 9.59 Å². The highest BCUT2D eigenvalue weighted by Gasteiger charge is 2.35. The number of aromatic hydroxyl groups is 2. The van der Waals surface area contributed by atoms with Gasteiger partial charge in [-0.1, -0.05) is 12.1 Å². The molecule has 1 aliphatic heterocycles. The number of carbonyl (C=O) groups is 2. The lowest BCUT2D eigenvalue weighted by atomic mass is 9.86. The second kappa shape index (κ2) is 12.3. The molecule has 2 aromatic carbocycles. The van der Waals surface area contributed by atoms with Crippen molar-refractivity contribution in [2.75, 3.05) is 34.2 Å². The van der Waals surface area contributed by atoms with E-state index in [1.54, 1.807) is 31.2 Å². The van der Waals surface area contributed by atoms with Gasteiger partial charge in [0, 0.05) is 30.6 Å². The summed E-state index contributed by atoms with van der Waals surface area (Å²) in [5.41, 5.74) is -0.0300. The topological polar surface area (TPSA) is 166 Å². The molecule has 1 amide bonds. The van der Waals surface area contributed by atoms with E-state index in [0.29, 0.717) is 17.7 Å². The van der Waals surface area contributed by atoms with E-state index >= 15 is 0 Å². The number of aromatic amines is 1. The average Bonchev–Trinajstić information content (AvgIpc) is 3.43. The number of carbonyl (C=O) groups excluding carboxylic acids is 2. The first-order chi connectivity index (χ1) is 19.3. The summed E-state index contributed by atoms with van der Waals surface area (Å²) in [6.07, 6.45) is 1.24. The van der Waals surface area contributed by atoms with Crippen molar-refractivity contribution in [2.45, 2.75) is 25.7 Å². The summed E-state index contributed by atoms with van der Waals surface area (Å²) in [4.78, 5) is 41.3. The number of hydrogen-bond acceptors (Lipinski definition) is 10. The number of pyridine rings is 1. The third-order valence-electron chi connectivity index (χ3n) is 6.40. The Kier molecular flexibility index (Phi) is 8.67. The van der Waals surface area contributed by atoms with E-state index in [-0.39, 0.29) is 60.5 Å². The van der Waals surface area contributed by atoms with E-state index in [1.165, 1.54) is 20.3 Å². The number of esters is 1. The normalized spacial score (nSPS) is 12.5. The molecule has 12 nitrogen and oxygen atoms in total. The molecule has 0 saturated heterocycles. The predicted octanol–water partition coefficient (Wildman–Crippen LogP) is 2.59. The molecule has 212 valence electrons. The van der Waals surface area contributed by atoms with Crippen LogP contribution in [0.15, 0.2) is 41.3 Å². The van der Waals surface area contributed by atoms with Gasteiger partial charge in [-0.05, 0) is 37.1 Å². The summed E-state index contributed by atoms with van der Waals surface area (Å²) in [7, 11) is 2.81. The number of methoxy groups -OCH3 is 2. The fourth-order valence-electron chi connectivity index (χ4n) is 4.51. The van der Waals surface area contributed by atoms with Gasteiger partial charge in [0.05, 0.1) is 26.4 Å². The number of aromatic nitrogens is 1. The molecule has 0 radical (unpaired) electrons. The van der Waals surface area contributed by atoms with Gasteiger partial charge < -0.3 is 44.2 Å². The Morgan fingerprint density at radius 1 is 1.10 bits per heavy atom. The van der Waals surface area contributed by atoms with Gasteiger partial charge in [0.1, 0.15) is 17.1 Å². The van der Waals surface area contributed by atoms with Crippen molar-refractivity contribution in [1.29, 1.82) is 0 Å². The number of H-pyrrole nitrogens is 1. The fraction of sp³-hybridized carbons (Fsp3) is 0.321. The quantitative estimate of drug-likeness (QED) is 0.259. The highest BCUT2D eigenvalue weighted by molar-refractivity contribution is 5.92. The van der Waals surface area contributed by atoms with Gasteiger partial charge in [0.2, 0.25) is 24.2 Å². The van der Waals surface area contributed by atoms with Crippen LogP contribution in [0.25, 0.3) is 0 Å². The van der Waals surface area contributed by atoms with Gasteiger partial charge in [-0.15, -0.1) is 0 Å². The van der Waals surface area contributed by atoms with Crippen LogP contribution in [0.2, 0.25) is 0 Å². The zero-order valence-electron chi connectivity index (χ0n) is 22.2. The van der Waals surface area contributed by atoms with Crippen LogP contribution >= 0.6 is 0 Å². The molecule has 0 aliphatic carbocycles. The SMILES string of the molecule is CCOC(=O)c1c[nH]c(=O)c(C(CC(=O)NCCc2ccc(O)cc2)c2cc(OC)c3c(c2OC)OCO3)c1O. The lowest BCUT2D eigenvalue weighted by Crippen LogP contribution is -2.29. The molecule has 12 heteroatoms. The minimum atomic E-state index is -1.11. The number of rotatable bonds is 11. The summed E-state index contributed by atoms with van der Waals surface area (Å²) < 4.78 is 27.2. The Balaban J connectivity index is 1.75. The molecule has 2 heterocycles. The molecule has 0 spiro atoms. The fourth-order valence-corrected chi connectivity index (χ4v) is 4.51. The van der Waals surface area contributed by atoms with Crippen molar-refractivity contribution in [1.82, 2.24) is 10.3 Å². The summed E-state index contributed by atoms with van der Waals surface area (Å²) in [5, 5.41) is 23.4. The number of ether oxygens (including phenoxy) is 5. The van der Waals surface area contributed by atoms with Crippen LogP contribution in [-0.4, -0.2) is 61.2 Å². The van der Waals surface area contributed by atoms with Crippen molar-refractivity contribution in [2.24, 2.45) is 0 Å². The summed E-state index contributed by atoms with van der Waals surface area (Å²) in [6, 6.07) is 8.13. The van der Waals surface area contributed by atoms with Gasteiger partial charge in [-0.2, -0.15) is 0 Å². The molecule has 1 aliphatic rings. The van der Waals surface area contributed by atoms with Gasteiger partial charge in [0.25, 0.3) is 5.56 Å². The minimum Gasteiger partial charge on any atom is -0.508 e. The van der Waals surface area contributed by atoms with Crippen molar-refractivity contribution in [3.8, 4) is 34.5 Å². The van der Waals surface area contributed by atoms with E-state index in [2.05, 4.69) is 10.3 Å². The predicted molar refractivity (Wildman–Crippen MR) is 142 cm³/mol. The van der Waals surface area contributed by atoms with Crippen molar-refractivity contribution >= 4 is 11.9 Å². The molecule has 0 fully saturated rings. The van der Waals surface area contributed by atoms with E-state index in [0.717, 1.165) is 11.8 Å². The number of amides is 1. The van der Waals surface area contributed by atoms with Crippen LogP contribution in [0.4, 0.5) is 0 Å². The standard InChI is InChI=1S/C28H30N2O10/c1-4-38-28(35)19-13-30-27(34)22(23(19)33)17(12-21(32)29-10-9-15-5-7-16(31)8-6-15)18-11-20(36-2)25-26(24(18)37-3)40-14-39-25/h5-8,11,13,17,31H,4,9-10,12,14H2,1-3H3,(H,29,32)(H2,30,33,34). The highest BCUT2D eigenvalue weighted by Crippen LogP contribution is 2.53. The minimum absolute atomic E-state index is 0.0484. The van der Waals surface area contributed by atoms with Crippen molar-refractivity contribution < 1.29 is 43.5 Å². The zero-order valence-corrected chi connectivity index (χ0v) is 22.2. The molecule has 0 saturated carbocycles. The molecule has 1 unspecified atom stereocenters. The number of hydrogen-bond donors (Lipinski definition) is 4. The molecule has 1 aromatic heterocycles. The largest absolute Gasteiger partial charge is 0.508 e.